The topological polar surface area (TPSA) is 58.4 Å². The van der Waals surface area contributed by atoms with Gasteiger partial charge >= 0.3 is 6.18 Å². The van der Waals surface area contributed by atoms with Gasteiger partial charge in [0.05, 0.1) is 12.1 Å². The summed E-state index contributed by atoms with van der Waals surface area (Å²) < 4.78 is 38.2. The monoisotopic (exact) mass is 303 g/mol. The number of hydrogen-bond acceptors (Lipinski definition) is 3. The van der Waals surface area contributed by atoms with E-state index in [2.05, 4.69) is 5.32 Å². The number of alkyl halides is 3. The van der Waals surface area contributed by atoms with Crippen molar-refractivity contribution in [1.82, 2.24) is 4.90 Å². The van der Waals surface area contributed by atoms with Gasteiger partial charge in [0, 0.05) is 17.4 Å². The Hall–Kier alpha value is -1.76. The van der Waals surface area contributed by atoms with Gasteiger partial charge in [-0.3, -0.25) is 9.69 Å². The van der Waals surface area contributed by atoms with Crippen molar-refractivity contribution in [1.29, 1.82) is 0 Å². The van der Waals surface area contributed by atoms with Crippen molar-refractivity contribution >= 4 is 17.3 Å². The van der Waals surface area contributed by atoms with Gasteiger partial charge in [0.25, 0.3) is 0 Å². The van der Waals surface area contributed by atoms with Crippen molar-refractivity contribution in [2.24, 2.45) is 0 Å². The van der Waals surface area contributed by atoms with Crippen LogP contribution in [0.4, 0.5) is 24.5 Å². The van der Waals surface area contributed by atoms with Gasteiger partial charge in [-0.25, -0.2) is 0 Å². The Balaban J connectivity index is 2.82. The maximum Gasteiger partial charge on any atom is 0.418 e. The van der Waals surface area contributed by atoms with Gasteiger partial charge in [0.15, 0.2) is 0 Å². The third kappa shape index (κ3) is 4.93. The second-order valence-electron chi connectivity index (χ2n) is 5.00. The van der Waals surface area contributed by atoms with E-state index < -0.39 is 11.7 Å². The normalized spacial score (nSPS) is 12.0. The average Bonchev–Trinajstić information content (AvgIpc) is 2.36. The molecule has 0 aliphatic carbocycles. The maximum absolute atomic E-state index is 12.7. The molecule has 0 saturated heterocycles. The molecule has 1 aromatic rings. The summed E-state index contributed by atoms with van der Waals surface area (Å²) in [5.74, 6) is -0.358. The Morgan fingerprint density at radius 3 is 2.48 bits per heavy atom. The van der Waals surface area contributed by atoms with E-state index in [0.717, 1.165) is 12.1 Å². The van der Waals surface area contributed by atoms with Crippen molar-refractivity contribution in [3.05, 3.63) is 23.8 Å². The van der Waals surface area contributed by atoms with Crippen LogP contribution >= 0.6 is 0 Å². The molecule has 0 spiro atoms. The number of halogens is 3. The molecule has 0 aromatic heterocycles. The Bertz CT molecular complexity index is 501. The number of anilines is 2. The van der Waals surface area contributed by atoms with Gasteiger partial charge in [-0.05, 0) is 38.6 Å². The van der Waals surface area contributed by atoms with Gasteiger partial charge in [-0.2, -0.15) is 13.2 Å². The Morgan fingerprint density at radius 2 is 2.00 bits per heavy atom. The first-order chi connectivity index (χ1) is 9.65. The molecule has 7 heteroatoms. The lowest BCUT2D eigenvalue weighted by Crippen LogP contribution is -2.37. The zero-order valence-electron chi connectivity index (χ0n) is 12.3. The smallest absolute Gasteiger partial charge is 0.398 e. The second kappa shape index (κ2) is 6.80. The van der Waals surface area contributed by atoms with Crippen molar-refractivity contribution < 1.29 is 18.0 Å². The molecule has 0 unspecified atom stereocenters. The van der Waals surface area contributed by atoms with Crippen molar-refractivity contribution in [3.63, 3.8) is 0 Å². The highest BCUT2D eigenvalue weighted by Crippen LogP contribution is 2.35. The zero-order valence-corrected chi connectivity index (χ0v) is 12.3. The van der Waals surface area contributed by atoms with E-state index in [1.54, 1.807) is 0 Å². The van der Waals surface area contributed by atoms with Crippen LogP contribution in [-0.4, -0.2) is 29.9 Å². The van der Waals surface area contributed by atoms with E-state index in [-0.39, 0.29) is 29.9 Å². The van der Waals surface area contributed by atoms with E-state index in [1.807, 2.05) is 25.7 Å². The van der Waals surface area contributed by atoms with Gasteiger partial charge < -0.3 is 11.1 Å². The zero-order chi connectivity index (χ0) is 16.2. The lowest BCUT2D eigenvalue weighted by atomic mass is 10.1. The number of nitrogens with one attached hydrogen (secondary N) is 1. The molecular formula is C14H20F3N3O. The fourth-order valence-corrected chi connectivity index (χ4v) is 1.92. The molecule has 0 aliphatic rings. The minimum Gasteiger partial charge on any atom is -0.398 e. The number of nitrogens with two attached hydrogens (primary N) is 1. The molecule has 21 heavy (non-hydrogen) atoms. The number of benzene rings is 1. The van der Waals surface area contributed by atoms with Gasteiger partial charge in [-0.1, -0.05) is 6.92 Å². The highest BCUT2D eigenvalue weighted by atomic mass is 19.4. The summed E-state index contributed by atoms with van der Waals surface area (Å²) in [5, 5.41) is 2.47. The van der Waals surface area contributed by atoms with Crippen molar-refractivity contribution in [2.75, 3.05) is 24.1 Å². The summed E-state index contributed by atoms with van der Waals surface area (Å²) in [4.78, 5) is 13.8. The fraction of sp³-hybridized carbons (Fsp3) is 0.500. The Morgan fingerprint density at radius 1 is 1.38 bits per heavy atom. The van der Waals surface area contributed by atoms with E-state index >= 15 is 0 Å². The molecule has 0 atom stereocenters. The van der Waals surface area contributed by atoms with E-state index in [4.69, 9.17) is 5.73 Å². The number of likely N-dealkylation sites (N-methyl/N-ethyl adjacent to an activating group) is 1. The number of amides is 1. The second-order valence-corrected chi connectivity index (χ2v) is 5.00. The third-order valence-electron chi connectivity index (χ3n) is 3.13. The van der Waals surface area contributed by atoms with Crippen LogP contribution < -0.4 is 11.1 Å². The summed E-state index contributed by atoms with van der Waals surface area (Å²) in [6.07, 6.45) is -4.54. The lowest BCUT2D eigenvalue weighted by Gasteiger charge is -2.24. The molecule has 0 aliphatic heterocycles. The number of nitrogens with zero attached hydrogens (tertiary/aromatic N) is 1. The summed E-state index contributed by atoms with van der Waals surface area (Å²) in [6, 6.07) is 3.52. The molecule has 118 valence electrons. The first kappa shape index (κ1) is 17.3. The average molecular weight is 303 g/mol. The van der Waals surface area contributed by atoms with E-state index in [0.29, 0.717) is 6.54 Å². The highest BCUT2D eigenvalue weighted by molar-refractivity contribution is 5.92. The van der Waals surface area contributed by atoms with Gasteiger partial charge in [0.1, 0.15) is 0 Å². The molecule has 0 bridgehead atoms. The number of nitrogen functional groups attached to an aromatic ring is 1. The SMILES string of the molecule is CCN(CC(=O)Nc1ccc(N)c(C(F)(F)F)c1)C(C)C. The molecule has 1 aromatic carbocycles. The van der Waals surface area contributed by atoms with Crippen LogP contribution in [0.15, 0.2) is 18.2 Å². The number of rotatable bonds is 5. The van der Waals surface area contributed by atoms with Crippen LogP contribution in [0.1, 0.15) is 26.3 Å². The summed E-state index contributed by atoms with van der Waals surface area (Å²) in [7, 11) is 0. The van der Waals surface area contributed by atoms with Crippen LogP contribution in [0.25, 0.3) is 0 Å². The largest absolute Gasteiger partial charge is 0.418 e. The van der Waals surface area contributed by atoms with E-state index in [9.17, 15) is 18.0 Å². The number of carbonyl (C=O) groups excluding carboxylic acids is 1. The quantitative estimate of drug-likeness (QED) is 0.822. The highest BCUT2D eigenvalue weighted by Gasteiger charge is 2.33. The molecule has 0 radical (unpaired) electrons. The summed E-state index contributed by atoms with van der Waals surface area (Å²) in [6.45, 7) is 6.61. The fourth-order valence-electron chi connectivity index (χ4n) is 1.92. The predicted octanol–water partition coefficient (Wildman–Crippen LogP) is 2.96. The first-order valence-corrected chi connectivity index (χ1v) is 6.65. The number of hydrogen-bond donors (Lipinski definition) is 2. The molecule has 0 saturated carbocycles. The number of carbonyl (C=O) groups is 1. The molecule has 4 nitrogen and oxygen atoms in total. The van der Waals surface area contributed by atoms with Gasteiger partial charge in [0.2, 0.25) is 5.91 Å². The maximum atomic E-state index is 12.7. The lowest BCUT2D eigenvalue weighted by molar-refractivity contribution is -0.136. The molecular weight excluding hydrogens is 283 g/mol. The van der Waals surface area contributed by atoms with Crippen LogP contribution in [0.3, 0.4) is 0 Å². The predicted molar refractivity (Wildman–Crippen MR) is 76.9 cm³/mol. The first-order valence-electron chi connectivity index (χ1n) is 6.65. The summed E-state index contributed by atoms with van der Waals surface area (Å²) in [5.41, 5.74) is 4.08. The third-order valence-corrected chi connectivity index (χ3v) is 3.13. The van der Waals surface area contributed by atoms with Gasteiger partial charge in [-0.15, -0.1) is 0 Å². The van der Waals surface area contributed by atoms with Crippen LogP contribution in [-0.2, 0) is 11.0 Å². The van der Waals surface area contributed by atoms with Crippen LogP contribution in [0.2, 0.25) is 0 Å². The minimum absolute atomic E-state index is 0.0846. The molecule has 0 heterocycles. The minimum atomic E-state index is -4.54. The molecule has 1 amide bonds. The molecule has 3 N–H and O–H groups in total. The van der Waals surface area contributed by atoms with Crippen LogP contribution in [0, 0.1) is 0 Å². The van der Waals surface area contributed by atoms with Crippen molar-refractivity contribution in [2.45, 2.75) is 33.0 Å². The Kier molecular flexibility index (Phi) is 5.60. The van der Waals surface area contributed by atoms with Crippen LogP contribution in [0.5, 0.6) is 0 Å². The standard InChI is InChI=1S/C14H20F3N3O/c1-4-20(9(2)3)8-13(21)19-10-5-6-12(18)11(7-10)14(15,16)17/h5-7,9H,4,8,18H2,1-3H3,(H,19,21). The van der Waals surface area contributed by atoms with Crippen molar-refractivity contribution in [3.8, 4) is 0 Å². The van der Waals surface area contributed by atoms with E-state index in [1.165, 1.54) is 6.07 Å². The molecule has 0 fully saturated rings. The molecule has 1 rings (SSSR count). The Labute approximate surface area is 122 Å². The summed E-state index contributed by atoms with van der Waals surface area (Å²) >= 11 is 0.